The molecule has 0 atom stereocenters. The van der Waals surface area contributed by atoms with Crippen LogP contribution in [0.1, 0.15) is 64.8 Å². The molecule has 104 valence electrons. The molecule has 0 bridgehead atoms. The third-order valence-electron chi connectivity index (χ3n) is 0.986. The molecule has 0 radical (unpaired) electrons. The molecule has 0 aliphatic rings. The molecule has 0 saturated heterocycles. The molecule has 0 aliphatic carbocycles. The van der Waals surface area contributed by atoms with Crippen LogP contribution in [0.3, 0.4) is 0 Å². The Morgan fingerprint density at radius 3 is 1.07 bits per heavy atom. The van der Waals surface area contributed by atoms with E-state index < -0.39 is 0 Å². The molecule has 0 aliphatic heterocycles. The summed E-state index contributed by atoms with van der Waals surface area (Å²) in [6.07, 6.45) is 1.02. The van der Waals surface area contributed by atoms with Gasteiger partial charge in [0.2, 0.25) is 0 Å². The summed E-state index contributed by atoms with van der Waals surface area (Å²) in [6.45, 7) is 7.28. The summed E-state index contributed by atoms with van der Waals surface area (Å²) in [6, 6.07) is 0. The van der Waals surface area contributed by atoms with E-state index in [4.69, 9.17) is 9.47 Å². The van der Waals surface area contributed by atoms with Gasteiger partial charge in [-0.3, -0.25) is 0 Å². The number of hydrogen-bond donors (Lipinski definition) is 0. The van der Waals surface area contributed by atoms with E-state index in [0.29, 0.717) is 0 Å². The van der Waals surface area contributed by atoms with Gasteiger partial charge in [-0.05, 0) is 20.3 Å². The molecule has 2 nitrogen and oxygen atoms in total. The topological polar surface area (TPSA) is 18.5 Å². The molecule has 0 saturated carbocycles. The van der Waals surface area contributed by atoms with Crippen LogP contribution in [-0.2, 0) is 9.47 Å². The molecule has 0 rings (SSSR count). The van der Waals surface area contributed by atoms with Crippen LogP contribution in [0, 0.1) is 0 Å². The van der Waals surface area contributed by atoms with Crippen LogP contribution in [0.2, 0.25) is 0 Å². The molecular formula is C13H40O2. The van der Waals surface area contributed by atoms with Crippen molar-refractivity contribution in [1.82, 2.24) is 0 Å². The Bertz CT molecular complexity index is 41.8. The maximum absolute atomic E-state index is 5.10. The number of hydrogen-bond acceptors (Lipinski definition) is 2. The fourth-order valence-electron chi connectivity index (χ4n) is 0.552. The lowest BCUT2D eigenvalue weighted by atomic mass is 10.5. The highest BCUT2D eigenvalue weighted by Gasteiger charge is 1.84. The molecule has 15 heavy (non-hydrogen) atoms. The lowest BCUT2D eigenvalue weighted by molar-refractivity contribution is 0.0939. The minimum Gasteiger partial charge on any atom is -0.382 e. The highest BCUT2D eigenvalue weighted by atomic mass is 16.5. The molecule has 0 spiro atoms. The summed E-state index contributed by atoms with van der Waals surface area (Å²) in [5, 5.41) is 0. The first-order chi connectivity index (χ1) is 4.41. The van der Waals surface area contributed by atoms with E-state index in [1.54, 1.807) is 0 Å². The lowest BCUT2D eigenvalue weighted by Crippen LogP contribution is -1.99. The van der Waals surface area contributed by atoms with Crippen molar-refractivity contribution in [3.63, 3.8) is 0 Å². The smallest absolute Gasteiger partial charge is 0.0487 e. The summed E-state index contributed by atoms with van der Waals surface area (Å²) in [7, 11) is 0. The molecule has 0 amide bonds. The summed E-state index contributed by atoms with van der Waals surface area (Å²) >= 11 is 0. The first-order valence-corrected chi connectivity index (χ1v) is 3.57. The Morgan fingerprint density at radius 1 is 0.600 bits per heavy atom. The Balaban J connectivity index is -0.0000000213. The molecule has 0 heterocycles. The quantitative estimate of drug-likeness (QED) is 0.577. The first kappa shape index (κ1) is 46.1. The zero-order valence-corrected chi connectivity index (χ0v) is 6.35. The fourth-order valence-corrected chi connectivity index (χ4v) is 0.552. The van der Waals surface area contributed by atoms with Crippen LogP contribution in [0.25, 0.3) is 0 Å². The average Bonchev–Trinajstić information content (AvgIpc) is 1.89. The second kappa shape index (κ2) is 48.5. The maximum atomic E-state index is 5.10. The predicted molar refractivity (Wildman–Crippen MR) is 78.0 cm³/mol. The van der Waals surface area contributed by atoms with Crippen LogP contribution < -0.4 is 0 Å². The van der Waals surface area contributed by atoms with Crippen LogP contribution in [-0.4, -0.2) is 26.4 Å². The average molecular weight is 228 g/mol. The molecule has 0 aromatic heterocycles. The number of ether oxygens (including phenoxy) is 2. The van der Waals surface area contributed by atoms with E-state index in [0.717, 1.165) is 32.8 Å². The number of rotatable bonds is 6. The van der Waals surface area contributed by atoms with Gasteiger partial charge in [0.15, 0.2) is 0 Å². The van der Waals surface area contributed by atoms with Gasteiger partial charge in [0.25, 0.3) is 0 Å². The highest BCUT2D eigenvalue weighted by Crippen LogP contribution is 1.83. The third-order valence-corrected chi connectivity index (χ3v) is 0.986. The second-order valence-electron chi connectivity index (χ2n) is 1.75. The zero-order chi connectivity index (χ0) is 6.95. The van der Waals surface area contributed by atoms with Crippen molar-refractivity contribution in [2.75, 3.05) is 26.4 Å². The van der Waals surface area contributed by atoms with Gasteiger partial charge in [-0.15, -0.1) is 0 Å². The van der Waals surface area contributed by atoms with Crippen molar-refractivity contribution in [1.29, 1.82) is 0 Å². The highest BCUT2D eigenvalue weighted by molar-refractivity contribution is 4.31. The summed E-state index contributed by atoms with van der Waals surface area (Å²) in [4.78, 5) is 0. The Labute approximate surface area is 101 Å². The van der Waals surface area contributed by atoms with E-state index in [-0.39, 0.29) is 44.6 Å². The largest absolute Gasteiger partial charge is 0.382 e. The molecule has 0 unspecified atom stereocenters. The third kappa shape index (κ3) is 56.4. The van der Waals surface area contributed by atoms with Crippen molar-refractivity contribution in [3.8, 4) is 0 Å². The van der Waals surface area contributed by atoms with Crippen molar-refractivity contribution in [3.05, 3.63) is 0 Å². The summed E-state index contributed by atoms with van der Waals surface area (Å²) in [5.41, 5.74) is 0. The van der Waals surface area contributed by atoms with Crippen LogP contribution in [0.5, 0.6) is 0 Å². The van der Waals surface area contributed by atoms with Gasteiger partial charge in [-0.2, -0.15) is 0 Å². The first-order valence-electron chi connectivity index (χ1n) is 3.57. The van der Waals surface area contributed by atoms with Gasteiger partial charge >= 0.3 is 0 Å². The van der Waals surface area contributed by atoms with Crippen molar-refractivity contribution in [2.24, 2.45) is 0 Å². The van der Waals surface area contributed by atoms with Crippen LogP contribution >= 0.6 is 0 Å². The van der Waals surface area contributed by atoms with E-state index in [1.807, 2.05) is 13.8 Å². The summed E-state index contributed by atoms with van der Waals surface area (Å²) in [5.74, 6) is 0. The Hall–Kier alpha value is -0.0800. The van der Waals surface area contributed by atoms with Gasteiger partial charge in [0, 0.05) is 26.4 Å². The molecule has 2 heteroatoms. The van der Waals surface area contributed by atoms with Gasteiger partial charge in [0.1, 0.15) is 0 Å². The van der Waals surface area contributed by atoms with E-state index in [9.17, 15) is 0 Å². The van der Waals surface area contributed by atoms with Gasteiger partial charge in [-0.25, -0.2) is 0 Å². The van der Waals surface area contributed by atoms with Crippen LogP contribution in [0.4, 0.5) is 0 Å². The van der Waals surface area contributed by atoms with Gasteiger partial charge in [0.05, 0.1) is 0 Å². The monoisotopic (exact) mass is 228 g/mol. The molecule has 0 fully saturated rings. The maximum Gasteiger partial charge on any atom is 0.0487 e. The van der Waals surface area contributed by atoms with Gasteiger partial charge in [-0.1, -0.05) is 44.6 Å². The van der Waals surface area contributed by atoms with Crippen molar-refractivity contribution >= 4 is 0 Å². The van der Waals surface area contributed by atoms with E-state index in [1.165, 1.54) is 0 Å². The Kier molecular flexibility index (Phi) is 149. The van der Waals surface area contributed by atoms with Gasteiger partial charge < -0.3 is 9.47 Å². The zero-order valence-electron chi connectivity index (χ0n) is 6.35. The van der Waals surface area contributed by atoms with Crippen LogP contribution in [0.15, 0.2) is 0 Å². The normalized spacial score (nSPS) is 6.00. The minimum atomic E-state index is 0. The van der Waals surface area contributed by atoms with E-state index >= 15 is 0 Å². The molecule has 0 aromatic rings. The lowest BCUT2D eigenvalue weighted by Gasteiger charge is -2.00. The predicted octanol–water partition coefficient (Wildman–Crippen LogP) is 5.27. The van der Waals surface area contributed by atoms with Crippen molar-refractivity contribution < 1.29 is 9.47 Å². The van der Waals surface area contributed by atoms with Crippen molar-refractivity contribution in [2.45, 2.75) is 64.8 Å². The molecule has 0 aromatic carbocycles. The van der Waals surface area contributed by atoms with E-state index in [2.05, 4.69) is 0 Å². The minimum absolute atomic E-state index is 0. The second-order valence-corrected chi connectivity index (χ2v) is 1.75. The fraction of sp³-hybridized carbons (Fsp3) is 1.00. The molecule has 0 N–H and O–H groups in total. The SMILES string of the molecule is C.C.C.C.C.C.CCOCCCOCC. The Morgan fingerprint density at radius 2 is 0.867 bits per heavy atom. The molecular weight excluding hydrogens is 188 g/mol. The standard InChI is InChI=1S/C7H16O2.6CH4/c1-3-8-6-5-7-9-4-2;;;;;;/h3-7H2,1-2H3;6*1H4. The summed E-state index contributed by atoms with van der Waals surface area (Å²) < 4.78 is 10.2.